The molecular formula is C13H16FN3. The fraction of sp³-hybridized carbons (Fsp3) is 0.308. The lowest BCUT2D eigenvalue weighted by atomic mass is 10.2. The summed E-state index contributed by atoms with van der Waals surface area (Å²) in [5.41, 5.74) is 6.25. The van der Waals surface area contributed by atoms with Crippen molar-refractivity contribution in [3.05, 3.63) is 42.5 Å². The van der Waals surface area contributed by atoms with Crippen LogP contribution >= 0.6 is 0 Å². The molecule has 3 nitrogen and oxygen atoms in total. The van der Waals surface area contributed by atoms with E-state index in [0.717, 1.165) is 13.0 Å². The summed E-state index contributed by atoms with van der Waals surface area (Å²) in [6.07, 6.45) is 4.38. The van der Waals surface area contributed by atoms with Gasteiger partial charge in [-0.3, -0.25) is 0 Å². The molecule has 17 heavy (non-hydrogen) atoms. The van der Waals surface area contributed by atoms with Crippen molar-refractivity contribution in [2.45, 2.75) is 25.9 Å². The van der Waals surface area contributed by atoms with Gasteiger partial charge in [0.1, 0.15) is 11.6 Å². The Morgan fingerprint density at radius 3 is 2.88 bits per heavy atom. The van der Waals surface area contributed by atoms with Crippen LogP contribution in [0.15, 0.2) is 36.7 Å². The van der Waals surface area contributed by atoms with Gasteiger partial charge in [-0.05, 0) is 25.5 Å². The molecule has 1 atom stereocenters. The summed E-state index contributed by atoms with van der Waals surface area (Å²) >= 11 is 0. The third-order valence-electron chi connectivity index (χ3n) is 2.66. The molecule has 1 aromatic heterocycles. The molecule has 1 unspecified atom stereocenters. The number of nitrogens with zero attached hydrogens (tertiary/aromatic N) is 2. The monoisotopic (exact) mass is 233 g/mol. The summed E-state index contributed by atoms with van der Waals surface area (Å²) in [4.78, 5) is 4.21. The topological polar surface area (TPSA) is 43.8 Å². The number of benzene rings is 1. The number of rotatable bonds is 4. The van der Waals surface area contributed by atoms with Crippen LogP contribution in [0.1, 0.15) is 13.3 Å². The Labute approximate surface area is 100 Å². The van der Waals surface area contributed by atoms with Crippen LogP contribution < -0.4 is 5.73 Å². The Balaban J connectivity index is 2.28. The van der Waals surface area contributed by atoms with Crippen LogP contribution in [-0.2, 0) is 6.54 Å². The molecule has 0 radical (unpaired) electrons. The van der Waals surface area contributed by atoms with E-state index >= 15 is 0 Å². The SMILES string of the molecule is CC(N)CCn1ccnc1-c1ccccc1F. The molecule has 0 aliphatic carbocycles. The summed E-state index contributed by atoms with van der Waals surface area (Å²) in [5, 5.41) is 0. The second-order valence-electron chi connectivity index (χ2n) is 4.19. The van der Waals surface area contributed by atoms with Gasteiger partial charge in [0.15, 0.2) is 0 Å². The van der Waals surface area contributed by atoms with Gasteiger partial charge in [-0.1, -0.05) is 12.1 Å². The molecule has 1 heterocycles. The minimum absolute atomic E-state index is 0.130. The summed E-state index contributed by atoms with van der Waals surface area (Å²) in [5.74, 6) is 0.407. The van der Waals surface area contributed by atoms with Crippen molar-refractivity contribution < 1.29 is 4.39 Å². The predicted molar refractivity (Wildman–Crippen MR) is 65.9 cm³/mol. The summed E-state index contributed by atoms with van der Waals surface area (Å²) in [7, 11) is 0. The molecule has 2 rings (SSSR count). The smallest absolute Gasteiger partial charge is 0.142 e. The molecule has 0 aliphatic rings. The van der Waals surface area contributed by atoms with E-state index in [1.54, 1.807) is 18.3 Å². The first-order valence-electron chi connectivity index (χ1n) is 5.70. The number of hydrogen-bond acceptors (Lipinski definition) is 2. The highest BCUT2D eigenvalue weighted by atomic mass is 19.1. The van der Waals surface area contributed by atoms with Crippen LogP contribution in [0.4, 0.5) is 4.39 Å². The fourth-order valence-electron chi connectivity index (χ4n) is 1.72. The van der Waals surface area contributed by atoms with Crippen LogP contribution in [-0.4, -0.2) is 15.6 Å². The maximum absolute atomic E-state index is 13.7. The number of aryl methyl sites for hydroxylation is 1. The van der Waals surface area contributed by atoms with Crippen molar-refractivity contribution in [2.24, 2.45) is 5.73 Å². The minimum Gasteiger partial charge on any atom is -0.331 e. The number of halogens is 1. The van der Waals surface area contributed by atoms with Crippen molar-refractivity contribution in [3.63, 3.8) is 0 Å². The van der Waals surface area contributed by atoms with E-state index in [1.807, 2.05) is 23.8 Å². The molecule has 90 valence electrons. The quantitative estimate of drug-likeness (QED) is 0.881. The molecule has 0 bridgehead atoms. The molecule has 0 fully saturated rings. The van der Waals surface area contributed by atoms with Crippen LogP contribution in [0.5, 0.6) is 0 Å². The van der Waals surface area contributed by atoms with Gasteiger partial charge in [0.05, 0.1) is 5.56 Å². The van der Waals surface area contributed by atoms with Crippen molar-refractivity contribution in [3.8, 4) is 11.4 Å². The van der Waals surface area contributed by atoms with Gasteiger partial charge in [0.2, 0.25) is 0 Å². The van der Waals surface area contributed by atoms with Crippen molar-refractivity contribution in [1.82, 2.24) is 9.55 Å². The van der Waals surface area contributed by atoms with Crippen LogP contribution in [0.25, 0.3) is 11.4 Å². The minimum atomic E-state index is -0.249. The number of imidazole rings is 1. The molecule has 0 spiro atoms. The van der Waals surface area contributed by atoms with Crippen molar-refractivity contribution in [1.29, 1.82) is 0 Å². The molecule has 2 aromatic rings. The maximum Gasteiger partial charge on any atom is 0.142 e. The van der Waals surface area contributed by atoms with Crippen molar-refractivity contribution in [2.75, 3.05) is 0 Å². The first-order chi connectivity index (χ1) is 8.18. The van der Waals surface area contributed by atoms with Gasteiger partial charge in [-0.25, -0.2) is 9.37 Å². The summed E-state index contributed by atoms with van der Waals surface area (Å²) in [6, 6.07) is 6.79. The molecule has 4 heteroatoms. The Hall–Kier alpha value is -1.68. The first kappa shape index (κ1) is 11.8. The van der Waals surface area contributed by atoms with Gasteiger partial charge in [-0.2, -0.15) is 0 Å². The average molecular weight is 233 g/mol. The molecule has 0 amide bonds. The van der Waals surface area contributed by atoms with E-state index in [2.05, 4.69) is 4.98 Å². The average Bonchev–Trinajstić information content (AvgIpc) is 2.75. The predicted octanol–water partition coefficient (Wildman–Crippen LogP) is 2.43. The third-order valence-corrected chi connectivity index (χ3v) is 2.66. The van der Waals surface area contributed by atoms with Crippen LogP contribution in [0.2, 0.25) is 0 Å². The number of nitrogens with two attached hydrogens (primary N) is 1. The van der Waals surface area contributed by atoms with Gasteiger partial charge >= 0.3 is 0 Å². The van der Waals surface area contributed by atoms with Crippen LogP contribution in [0.3, 0.4) is 0 Å². The van der Waals surface area contributed by atoms with E-state index in [4.69, 9.17) is 5.73 Å². The normalized spacial score (nSPS) is 12.6. The number of aromatic nitrogens is 2. The Kier molecular flexibility index (Phi) is 3.54. The van der Waals surface area contributed by atoms with Gasteiger partial charge < -0.3 is 10.3 Å². The highest BCUT2D eigenvalue weighted by Crippen LogP contribution is 2.20. The highest BCUT2D eigenvalue weighted by Gasteiger charge is 2.10. The van der Waals surface area contributed by atoms with Gasteiger partial charge in [0, 0.05) is 25.0 Å². The summed E-state index contributed by atoms with van der Waals surface area (Å²) < 4.78 is 15.6. The van der Waals surface area contributed by atoms with E-state index in [0.29, 0.717) is 11.4 Å². The second kappa shape index (κ2) is 5.10. The molecule has 0 aliphatic heterocycles. The van der Waals surface area contributed by atoms with E-state index in [1.165, 1.54) is 6.07 Å². The zero-order chi connectivity index (χ0) is 12.3. The zero-order valence-corrected chi connectivity index (χ0v) is 9.81. The maximum atomic E-state index is 13.7. The lowest BCUT2D eigenvalue weighted by molar-refractivity contribution is 0.571. The first-order valence-corrected chi connectivity index (χ1v) is 5.70. The third kappa shape index (κ3) is 2.71. The standard InChI is InChI=1S/C13H16FN3/c1-10(15)6-8-17-9-7-16-13(17)11-4-2-3-5-12(11)14/h2-5,7,9-10H,6,8,15H2,1H3. The second-order valence-corrected chi connectivity index (χ2v) is 4.19. The number of hydrogen-bond donors (Lipinski definition) is 1. The Morgan fingerprint density at radius 1 is 1.41 bits per heavy atom. The largest absolute Gasteiger partial charge is 0.331 e. The molecule has 2 N–H and O–H groups in total. The van der Waals surface area contributed by atoms with Crippen molar-refractivity contribution >= 4 is 0 Å². The lowest BCUT2D eigenvalue weighted by Gasteiger charge is -2.10. The fourth-order valence-corrected chi connectivity index (χ4v) is 1.72. The molecular weight excluding hydrogens is 217 g/mol. The Morgan fingerprint density at radius 2 is 2.18 bits per heavy atom. The van der Waals surface area contributed by atoms with Crippen LogP contribution in [0, 0.1) is 5.82 Å². The Bertz CT molecular complexity index is 491. The van der Waals surface area contributed by atoms with E-state index in [-0.39, 0.29) is 11.9 Å². The van der Waals surface area contributed by atoms with Gasteiger partial charge in [0.25, 0.3) is 0 Å². The summed E-state index contributed by atoms with van der Waals surface area (Å²) in [6.45, 7) is 2.71. The highest BCUT2D eigenvalue weighted by molar-refractivity contribution is 5.56. The van der Waals surface area contributed by atoms with E-state index in [9.17, 15) is 4.39 Å². The van der Waals surface area contributed by atoms with E-state index < -0.39 is 0 Å². The molecule has 0 saturated heterocycles. The lowest BCUT2D eigenvalue weighted by Crippen LogP contribution is -2.17. The molecule has 1 aromatic carbocycles. The molecule has 0 saturated carbocycles. The van der Waals surface area contributed by atoms with Gasteiger partial charge in [-0.15, -0.1) is 0 Å². The zero-order valence-electron chi connectivity index (χ0n) is 9.81.